The van der Waals surface area contributed by atoms with Crippen LogP contribution in [0.4, 0.5) is 0 Å². The van der Waals surface area contributed by atoms with Crippen molar-refractivity contribution in [2.45, 2.75) is 13.3 Å². The van der Waals surface area contributed by atoms with Gasteiger partial charge in [-0.3, -0.25) is 0 Å². The molecule has 0 heterocycles. The highest BCUT2D eigenvalue weighted by Crippen LogP contribution is 2.22. The summed E-state index contributed by atoms with van der Waals surface area (Å²) in [6, 6.07) is 16.8. The van der Waals surface area contributed by atoms with Gasteiger partial charge in [0, 0.05) is 0 Å². The SMILES string of the molecule is C=C(CO)c1ccc(-c2ccc(CC)cc2)cc1. The minimum atomic E-state index is 0.00451. The molecule has 0 aliphatic heterocycles. The van der Waals surface area contributed by atoms with Crippen LogP contribution < -0.4 is 0 Å². The van der Waals surface area contributed by atoms with Crippen molar-refractivity contribution in [2.75, 3.05) is 6.61 Å². The first kappa shape index (κ1) is 12.6. The van der Waals surface area contributed by atoms with Crippen LogP contribution in [0.1, 0.15) is 18.1 Å². The Balaban J connectivity index is 2.25. The standard InChI is InChI=1S/C17H18O/c1-3-14-4-6-16(7-5-14)17-10-8-15(9-11-17)13(2)12-18/h4-11,18H,2-3,12H2,1H3. The van der Waals surface area contributed by atoms with Gasteiger partial charge in [0.1, 0.15) is 0 Å². The molecule has 1 nitrogen and oxygen atoms in total. The summed E-state index contributed by atoms with van der Waals surface area (Å²) in [7, 11) is 0. The predicted octanol–water partition coefficient (Wildman–Crippen LogP) is 3.92. The number of aliphatic hydroxyl groups excluding tert-OH is 1. The van der Waals surface area contributed by atoms with Crippen molar-refractivity contribution < 1.29 is 5.11 Å². The fourth-order valence-corrected chi connectivity index (χ4v) is 1.92. The zero-order valence-corrected chi connectivity index (χ0v) is 10.7. The smallest absolute Gasteiger partial charge is 0.0681 e. The molecule has 18 heavy (non-hydrogen) atoms. The topological polar surface area (TPSA) is 20.2 Å². The third-order valence-corrected chi connectivity index (χ3v) is 3.18. The molecule has 0 atom stereocenters. The molecule has 2 aromatic carbocycles. The van der Waals surface area contributed by atoms with Crippen molar-refractivity contribution >= 4 is 5.57 Å². The average molecular weight is 238 g/mol. The van der Waals surface area contributed by atoms with Crippen LogP contribution in [-0.4, -0.2) is 11.7 Å². The summed E-state index contributed by atoms with van der Waals surface area (Å²) in [6.45, 7) is 5.98. The van der Waals surface area contributed by atoms with E-state index in [0.717, 1.165) is 17.6 Å². The summed E-state index contributed by atoms with van der Waals surface area (Å²) in [4.78, 5) is 0. The van der Waals surface area contributed by atoms with E-state index in [1.54, 1.807) is 0 Å². The van der Waals surface area contributed by atoms with Crippen molar-refractivity contribution in [3.05, 3.63) is 66.2 Å². The lowest BCUT2D eigenvalue weighted by atomic mass is 10.00. The highest BCUT2D eigenvalue weighted by atomic mass is 16.3. The Hall–Kier alpha value is -1.86. The van der Waals surface area contributed by atoms with Gasteiger partial charge < -0.3 is 5.11 Å². The lowest BCUT2D eigenvalue weighted by Gasteiger charge is -2.06. The van der Waals surface area contributed by atoms with Crippen molar-refractivity contribution in [1.29, 1.82) is 0 Å². The summed E-state index contributed by atoms with van der Waals surface area (Å²) in [6.07, 6.45) is 1.07. The van der Waals surface area contributed by atoms with Crippen molar-refractivity contribution in [3.63, 3.8) is 0 Å². The average Bonchev–Trinajstić information content (AvgIpc) is 2.47. The van der Waals surface area contributed by atoms with E-state index in [2.05, 4.69) is 49.9 Å². The van der Waals surface area contributed by atoms with Gasteiger partial charge >= 0.3 is 0 Å². The maximum absolute atomic E-state index is 9.03. The monoisotopic (exact) mass is 238 g/mol. The van der Waals surface area contributed by atoms with Crippen LogP contribution in [-0.2, 0) is 6.42 Å². The lowest BCUT2D eigenvalue weighted by molar-refractivity contribution is 0.350. The molecular formula is C17H18O. The van der Waals surface area contributed by atoms with Gasteiger partial charge in [0.15, 0.2) is 0 Å². The molecule has 0 bridgehead atoms. The molecule has 0 spiro atoms. The Morgan fingerprint density at radius 3 is 1.89 bits per heavy atom. The normalized spacial score (nSPS) is 10.3. The lowest BCUT2D eigenvalue weighted by Crippen LogP contribution is -1.88. The summed E-state index contributed by atoms with van der Waals surface area (Å²) >= 11 is 0. The van der Waals surface area contributed by atoms with Gasteiger partial charge in [-0.05, 0) is 34.2 Å². The highest BCUT2D eigenvalue weighted by Gasteiger charge is 2.00. The molecule has 2 rings (SSSR count). The molecule has 0 aliphatic rings. The van der Waals surface area contributed by atoms with E-state index in [9.17, 15) is 0 Å². The van der Waals surface area contributed by atoms with Crippen LogP contribution in [0.15, 0.2) is 55.1 Å². The molecule has 0 saturated carbocycles. The number of rotatable bonds is 4. The van der Waals surface area contributed by atoms with E-state index in [0.29, 0.717) is 0 Å². The largest absolute Gasteiger partial charge is 0.392 e. The van der Waals surface area contributed by atoms with Gasteiger partial charge in [-0.15, -0.1) is 0 Å². The summed E-state index contributed by atoms with van der Waals surface area (Å²) in [5, 5.41) is 9.03. The molecule has 1 N–H and O–H groups in total. The first-order valence-corrected chi connectivity index (χ1v) is 6.23. The van der Waals surface area contributed by atoms with Gasteiger partial charge in [0.2, 0.25) is 0 Å². The van der Waals surface area contributed by atoms with E-state index >= 15 is 0 Å². The van der Waals surface area contributed by atoms with Crippen molar-refractivity contribution in [2.24, 2.45) is 0 Å². The maximum Gasteiger partial charge on any atom is 0.0681 e. The molecular weight excluding hydrogens is 220 g/mol. The molecule has 0 amide bonds. The van der Waals surface area contributed by atoms with Gasteiger partial charge in [-0.25, -0.2) is 0 Å². The minimum Gasteiger partial charge on any atom is -0.392 e. The van der Waals surface area contributed by atoms with Crippen LogP contribution in [0, 0.1) is 0 Å². The van der Waals surface area contributed by atoms with Crippen LogP contribution >= 0.6 is 0 Å². The Bertz CT molecular complexity index is 521. The first-order valence-electron chi connectivity index (χ1n) is 6.23. The van der Waals surface area contributed by atoms with Gasteiger partial charge in [-0.2, -0.15) is 0 Å². The van der Waals surface area contributed by atoms with Gasteiger partial charge in [-0.1, -0.05) is 62.0 Å². The third-order valence-electron chi connectivity index (χ3n) is 3.18. The molecule has 0 radical (unpaired) electrons. The molecule has 0 unspecified atom stereocenters. The van der Waals surface area contributed by atoms with Crippen LogP contribution in [0.3, 0.4) is 0 Å². The Morgan fingerprint density at radius 1 is 0.944 bits per heavy atom. The van der Waals surface area contributed by atoms with E-state index in [1.807, 2.05) is 12.1 Å². The minimum absolute atomic E-state index is 0.00451. The van der Waals surface area contributed by atoms with E-state index in [1.165, 1.54) is 16.7 Å². The molecule has 0 fully saturated rings. The Labute approximate surface area is 108 Å². The zero-order valence-electron chi connectivity index (χ0n) is 10.7. The second-order valence-electron chi connectivity index (χ2n) is 4.39. The van der Waals surface area contributed by atoms with Crippen LogP contribution in [0.5, 0.6) is 0 Å². The predicted molar refractivity (Wildman–Crippen MR) is 77.4 cm³/mol. The Morgan fingerprint density at radius 2 is 1.44 bits per heavy atom. The number of hydrogen-bond donors (Lipinski definition) is 1. The number of hydrogen-bond acceptors (Lipinski definition) is 1. The van der Waals surface area contributed by atoms with E-state index < -0.39 is 0 Å². The van der Waals surface area contributed by atoms with Gasteiger partial charge in [0.05, 0.1) is 6.61 Å². The van der Waals surface area contributed by atoms with E-state index in [4.69, 9.17) is 5.11 Å². The second kappa shape index (κ2) is 5.65. The van der Waals surface area contributed by atoms with Crippen molar-refractivity contribution in [1.82, 2.24) is 0 Å². The second-order valence-corrected chi connectivity index (χ2v) is 4.39. The van der Waals surface area contributed by atoms with Crippen LogP contribution in [0.25, 0.3) is 16.7 Å². The summed E-state index contributed by atoms with van der Waals surface area (Å²) in [5.41, 5.74) is 5.50. The Kier molecular flexibility index (Phi) is 3.96. The number of benzene rings is 2. The van der Waals surface area contributed by atoms with Crippen molar-refractivity contribution in [3.8, 4) is 11.1 Å². The molecule has 92 valence electrons. The molecule has 2 aromatic rings. The molecule has 1 heteroatoms. The quantitative estimate of drug-likeness (QED) is 0.856. The number of aliphatic hydroxyl groups is 1. The highest BCUT2D eigenvalue weighted by molar-refractivity contribution is 5.69. The fraction of sp³-hybridized carbons (Fsp3) is 0.176. The summed E-state index contributed by atoms with van der Waals surface area (Å²) < 4.78 is 0. The third kappa shape index (κ3) is 2.69. The van der Waals surface area contributed by atoms with Gasteiger partial charge in [0.25, 0.3) is 0 Å². The number of aryl methyl sites for hydroxylation is 1. The fourth-order valence-electron chi connectivity index (χ4n) is 1.92. The van der Waals surface area contributed by atoms with E-state index in [-0.39, 0.29) is 6.61 Å². The molecule has 0 aliphatic carbocycles. The zero-order chi connectivity index (χ0) is 13.0. The molecule has 0 aromatic heterocycles. The van der Waals surface area contributed by atoms with Crippen LogP contribution in [0.2, 0.25) is 0 Å². The maximum atomic E-state index is 9.03. The summed E-state index contributed by atoms with van der Waals surface area (Å²) in [5.74, 6) is 0. The molecule has 0 saturated heterocycles. The first-order chi connectivity index (χ1) is 8.74.